The predicted molar refractivity (Wildman–Crippen MR) is 60.1 cm³/mol. The van der Waals surface area contributed by atoms with E-state index in [0.29, 0.717) is 24.9 Å². The second kappa shape index (κ2) is 5.23. The molecule has 0 aromatic heterocycles. The van der Waals surface area contributed by atoms with Crippen molar-refractivity contribution in [3.63, 3.8) is 0 Å². The Morgan fingerprint density at radius 3 is 2.53 bits per heavy atom. The molecule has 1 saturated heterocycles. The van der Waals surface area contributed by atoms with Gasteiger partial charge >= 0.3 is 0 Å². The van der Waals surface area contributed by atoms with Crippen molar-refractivity contribution in [3.8, 4) is 0 Å². The van der Waals surface area contributed by atoms with Crippen LogP contribution in [-0.2, 0) is 6.54 Å². The van der Waals surface area contributed by atoms with E-state index in [-0.39, 0.29) is 0 Å². The fourth-order valence-corrected chi connectivity index (χ4v) is 1.96. The lowest BCUT2D eigenvalue weighted by molar-refractivity contribution is 0.253. The van der Waals surface area contributed by atoms with Crippen molar-refractivity contribution in [2.75, 3.05) is 13.1 Å². The van der Waals surface area contributed by atoms with Crippen molar-refractivity contribution in [3.05, 3.63) is 35.4 Å². The minimum absolute atomic E-state index is 0.463. The summed E-state index contributed by atoms with van der Waals surface area (Å²) < 4.78 is 26.1. The average molecular weight is 240 g/mol. The number of oxime groups is 1. The molecule has 1 aromatic carbocycles. The molecular weight excluding hydrogens is 226 g/mol. The first-order valence-electron chi connectivity index (χ1n) is 5.55. The van der Waals surface area contributed by atoms with Gasteiger partial charge in [0.25, 0.3) is 0 Å². The SMILES string of the molecule is ON=C1CCN(Cc2ccc(F)cc2F)CC1. The molecule has 0 atom stereocenters. The van der Waals surface area contributed by atoms with Gasteiger partial charge in [-0.25, -0.2) is 8.78 Å². The van der Waals surface area contributed by atoms with E-state index in [1.165, 1.54) is 12.1 Å². The second-order valence-electron chi connectivity index (χ2n) is 4.18. The number of piperidine rings is 1. The molecule has 0 bridgehead atoms. The Morgan fingerprint density at radius 1 is 1.24 bits per heavy atom. The normalized spacial score (nSPS) is 17.2. The largest absolute Gasteiger partial charge is 0.411 e. The van der Waals surface area contributed by atoms with Crippen LogP contribution in [0.25, 0.3) is 0 Å². The molecule has 2 rings (SSSR count). The molecule has 0 spiro atoms. The van der Waals surface area contributed by atoms with Gasteiger partial charge in [0.15, 0.2) is 0 Å². The van der Waals surface area contributed by atoms with E-state index >= 15 is 0 Å². The van der Waals surface area contributed by atoms with E-state index < -0.39 is 11.6 Å². The molecule has 0 saturated carbocycles. The number of hydrogen-bond acceptors (Lipinski definition) is 3. The van der Waals surface area contributed by atoms with Gasteiger partial charge < -0.3 is 5.21 Å². The highest BCUT2D eigenvalue weighted by molar-refractivity contribution is 5.84. The Hall–Kier alpha value is -1.49. The van der Waals surface area contributed by atoms with Crippen LogP contribution in [0.2, 0.25) is 0 Å². The summed E-state index contributed by atoms with van der Waals surface area (Å²) in [5.41, 5.74) is 1.27. The Morgan fingerprint density at radius 2 is 1.94 bits per heavy atom. The molecule has 0 unspecified atom stereocenters. The molecule has 0 aliphatic carbocycles. The number of nitrogens with zero attached hydrogens (tertiary/aromatic N) is 2. The molecule has 1 aliphatic heterocycles. The maximum atomic E-state index is 13.4. The van der Waals surface area contributed by atoms with Crippen molar-refractivity contribution < 1.29 is 14.0 Å². The van der Waals surface area contributed by atoms with Crippen LogP contribution in [0.15, 0.2) is 23.4 Å². The summed E-state index contributed by atoms with van der Waals surface area (Å²) in [5.74, 6) is -1.06. The topological polar surface area (TPSA) is 35.8 Å². The van der Waals surface area contributed by atoms with Gasteiger partial charge in [-0.05, 0) is 6.07 Å². The van der Waals surface area contributed by atoms with Gasteiger partial charge in [-0.3, -0.25) is 4.90 Å². The van der Waals surface area contributed by atoms with Crippen molar-refractivity contribution in [1.29, 1.82) is 0 Å². The van der Waals surface area contributed by atoms with Crippen molar-refractivity contribution in [2.24, 2.45) is 5.16 Å². The van der Waals surface area contributed by atoms with Gasteiger partial charge in [0, 0.05) is 44.1 Å². The molecule has 1 aromatic rings. The fourth-order valence-electron chi connectivity index (χ4n) is 1.96. The maximum absolute atomic E-state index is 13.4. The summed E-state index contributed by atoms with van der Waals surface area (Å²) >= 11 is 0. The van der Waals surface area contributed by atoms with E-state index in [1.54, 1.807) is 0 Å². The highest BCUT2D eigenvalue weighted by atomic mass is 19.1. The van der Waals surface area contributed by atoms with Crippen LogP contribution in [0.1, 0.15) is 18.4 Å². The van der Waals surface area contributed by atoms with Crippen LogP contribution in [0, 0.1) is 11.6 Å². The smallest absolute Gasteiger partial charge is 0.130 e. The number of halogens is 2. The quantitative estimate of drug-likeness (QED) is 0.636. The lowest BCUT2D eigenvalue weighted by Gasteiger charge is -2.27. The van der Waals surface area contributed by atoms with Crippen LogP contribution in [0.3, 0.4) is 0 Å². The second-order valence-corrected chi connectivity index (χ2v) is 4.18. The highest BCUT2D eigenvalue weighted by Crippen LogP contribution is 2.15. The number of hydrogen-bond donors (Lipinski definition) is 1. The molecule has 1 aliphatic rings. The van der Waals surface area contributed by atoms with Gasteiger partial charge in [-0.1, -0.05) is 11.2 Å². The van der Waals surface area contributed by atoms with Crippen LogP contribution < -0.4 is 0 Å². The number of rotatable bonds is 2. The fraction of sp³-hybridized carbons (Fsp3) is 0.417. The van der Waals surface area contributed by atoms with Crippen molar-refractivity contribution in [1.82, 2.24) is 4.90 Å². The summed E-state index contributed by atoms with van der Waals surface area (Å²) in [4.78, 5) is 2.06. The summed E-state index contributed by atoms with van der Waals surface area (Å²) in [6.07, 6.45) is 1.39. The molecule has 0 radical (unpaired) electrons. The van der Waals surface area contributed by atoms with Crippen LogP contribution >= 0.6 is 0 Å². The summed E-state index contributed by atoms with van der Waals surface area (Å²) in [7, 11) is 0. The lowest BCUT2D eigenvalue weighted by atomic mass is 10.1. The van der Waals surface area contributed by atoms with Crippen LogP contribution in [0.4, 0.5) is 8.78 Å². The molecule has 5 heteroatoms. The molecule has 1 N–H and O–H groups in total. The molecular formula is C12H14F2N2O. The van der Waals surface area contributed by atoms with Gasteiger partial charge in [-0.2, -0.15) is 0 Å². The Balaban J connectivity index is 1.98. The monoisotopic (exact) mass is 240 g/mol. The molecule has 92 valence electrons. The lowest BCUT2D eigenvalue weighted by Crippen LogP contribution is -2.33. The summed E-state index contributed by atoms with van der Waals surface area (Å²) in [5, 5.41) is 11.8. The Bertz CT molecular complexity index is 425. The van der Waals surface area contributed by atoms with E-state index in [2.05, 4.69) is 10.1 Å². The van der Waals surface area contributed by atoms with Gasteiger partial charge in [0.05, 0.1) is 5.71 Å². The number of benzene rings is 1. The van der Waals surface area contributed by atoms with Gasteiger partial charge in [0.2, 0.25) is 0 Å². The van der Waals surface area contributed by atoms with E-state index in [1.807, 2.05) is 0 Å². The maximum Gasteiger partial charge on any atom is 0.130 e. The highest BCUT2D eigenvalue weighted by Gasteiger charge is 2.16. The molecule has 17 heavy (non-hydrogen) atoms. The number of likely N-dealkylation sites (tertiary alicyclic amines) is 1. The Labute approximate surface area is 98.3 Å². The standard InChI is InChI=1S/C12H14F2N2O/c13-10-2-1-9(12(14)7-10)8-16-5-3-11(15-17)4-6-16/h1-2,7,17H,3-6,8H2. The van der Waals surface area contributed by atoms with E-state index in [0.717, 1.165) is 24.9 Å². The molecule has 3 nitrogen and oxygen atoms in total. The molecule has 0 amide bonds. The third-order valence-electron chi connectivity index (χ3n) is 2.98. The molecule has 1 fully saturated rings. The van der Waals surface area contributed by atoms with Crippen molar-refractivity contribution in [2.45, 2.75) is 19.4 Å². The van der Waals surface area contributed by atoms with Crippen LogP contribution in [-0.4, -0.2) is 28.9 Å². The Kier molecular flexibility index (Phi) is 3.68. The zero-order valence-electron chi connectivity index (χ0n) is 9.37. The van der Waals surface area contributed by atoms with Crippen molar-refractivity contribution >= 4 is 5.71 Å². The summed E-state index contributed by atoms with van der Waals surface area (Å²) in [6.45, 7) is 1.93. The third kappa shape index (κ3) is 3.00. The zero-order chi connectivity index (χ0) is 12.3. The average Bonchev–Trinajstić information content (AvgIpc) is 2.34. The zero-order valence-corrected chi connectivity index (χ0v) is 9.37. The minimum atomic E-state index is -0.556. The first-order valence-corrected chi connectivity index (χ1v) is 5.55. The van der Waals surface area contributed by atoms with Crippen LogP contribution in [0.5, 0.6) is 0 Å². The summed E-state index contributed by atoms with van der Waals surface area (Å²) in [6, 6.07) is 3.64. The first kappa shape index (κ1) is 12.0. The van der Waals surface area contributed by atoms with E-state index in [9.17, 15) is 8.78 Å². The molecule has 1 heterocycles. The predicted octanol–water partition coefficient (Wildman–Crippen LogP) is 2.39. The third-order valence-corrected chi connectivity index (χ3v) is 2.98. The first-order chi connectivity index (χ1) is 8.19. The minimum Gasteiger partial charge on any atom is -0.411 e. The van der Waals surface area contributed by atoms with Gasteiger partial charge in [0.1, 0.15) is 11.6 Å². The van der Waals surface area contributed by atoms with Gasteiger partial charge in [-0.15, -0.1) is 0 Å². The van der Waals surface area contributed by atoms with E-state index in [4.69, 9.17) is 5.21 Å².